The Kier molecular flexibility index (Phi) is 3.87. The van der Waals surface area contributed by atoms with Crippen LogP contribution in [0.5, 0.6) is 0 Å². The maximum absolute atomic E-state index is 3.35. The van der Waals surface area contributed by atoms with E-state index >= 15 is 0 Å². The highest BCUT2D eigenvalue weighted by molar-refractivity contribution is 4.72. The van der Waals surface area contributed by atoms with Gasteiger partial charge in [0.05, 0.1) is 0 Å². The first-order chi connectivity index (χ1) is 3.80. The van der Waals surface area contributed by atoms with E-state index in [9.17, 15) is 0 Å². The van der Waals surface area contributed by atoms with Crippen molar-refractivity contribution in [1.82, 2.24) is 5.32 Å². The first-order valence-corrected chi connectivity index (χ1v) is 3.51. The molecule has 1 aliphatic rings. The molecule has 9 heavy (non-hydrogen) atoms. The molecule has 1 nitrogen and oxygen atoms in total. The summed E-state index contributed by atoms with van der Waals surface area (Å²) in [6, 6.07) is 0. The first kappa shape index (κ1) is 8.96. The molecule has 1 heterocycles. The van der Waals surface area contributed by atoms with E-state index < -0.39 is 0 Å². The molecule has 0 amide bonds. The summed E-state index contributed by atoms with van der Waals surface area (Å²) in [5.41, 5.74) is 0. The van der Waals surface area contributed by atoms with Crippen molar-refractivity contribution in [3.05, 3.63) is 0 Å². The van der Waals surface area contributed by atoms with Gasteiger partial charge in [0.2, 0.25) is 0 Å². The largest absolute Gasteiger partial charge is 0.316 e. The fourth-order valence-corrected chi connectivity index (χ4v) is 1.25. The highest BCUT2D eigenvalue weighted by Crippen LogP contribution is 2.16. The zero-order valence-corrected chi connectivity index (χ0v) is 5.78. The molecule has 0 bridgehead atoms. The summed E-state index contributed by atoms with van der Waals surface area (Å²) in [6.07, 6.45) is 1.39. The van der Waals surface area contributed by atoms with Crippen LogP contribution in [0.15, 0.2) is 0 Å². The second kappa shape index (κ2) is 3.89. The normalized spacial score (nSPS) is 26.3. The minimum atomic E-state index is 0. The molecule has 1 fully saturated rings. The predicted octanol–water partition coefficient (Wildman–Crippen LogP) is 1.89. The zero-order chi connectivity index (χ0) is 5.98. The van der Waals surface area contributed by atoms with Gasteiger partial charge in [-0.2, -0.15) is 0 Å². The highest BCUT2D eigenvalue weighted by Gasteiger charge is 2.16. The van der Waals surface area contributed by atoms with Crippen LogP contribution in [0.2, 0.25) is 0 Å². The summed E-state index contributed by atoms with van der Waals surface area (Å²) in [4.78, 5) is 0. The van der Waals surface area contributed by atoms with E-state index in [0.717, 1.165) is 11.8 Å². The average molecular weight is 129 g/mol. The van der Waals surface area contributed by atoms with Crippen LogP contribution in [0.25, 0.3) is 0 Å². The van der Waals surface area contributed by atoms with Gasteiger partial charge in [0.15, 0.2) is 0 Å². The molecule has 1 atom stereocenters. The predicted molar refractivity (Wildman–Crippen MR) is 42.5 cm³/mol. The van der Waals surface area contributed by atoms with Crippen molar-refractivity contribution in [3.8, 4) is 0 Å². The third-order valence-electron chi connectivity index (χ3n) is 2.04. The highest BCUT2D eigenvalue weighted by atomic mass is 14.9. The Morgan fingerprint density at radius 1 is 1.44 bits per heavy atom. The standard InChI is InChI=1S/C7H15N.CH4/c1-6(2)7-3-4-8-5-7;/h6-8H,3-5H2,1-2H3;1H4. The molecule has 0 saturated carbocycles. The molecule has 56 valence electrons. The Hall–Kier alpha value is -0.0400. The van der Waals surface area contributed by atoms with Gasteiger partial charge in [-0.15, -0.1) is 0 Å². The van der Waals surface area contributed by atoms with Gasteiger partial charge in [-0.3, -0.25) is 0 Å². The van der Waals surface area contributed by atoms with Crippen LogP contribution in [0, 0.1) is 11.8 Å². The van der Waals surface area contributed by atoms with Crippen LogP contribution in [0.3, 0.4) is 0 Å². The summed E-state index contributed by atoms with van der Waals surface area (Å²) in [5.74, 6) is 1.83. The number of hydrogen-bond acceptors (Lipinski definition) is 1. The maximum Gasteiger partial charge on any atom is -0.00176 e. The van der Waals surface area contributed by atoms with Gasteiger partial charge in [-0.1, -0.05) is 21.3 Å². The van der Waals surface area contributed by atoms with Crippen molar-refractivity contribution in [1.29, 1.82) is 0 Å². The minimum Gasteiger partial charge on any atom is -0.316 e. The molecule has 1 N–H and O–H groups in total. The summed E-state index contributed by atoms with van der Waals surface area (Å²) in [5, 5.41) is 3.35. The van der Waals surface area contributed by atoms with E-state index in [0.29, 0.717) is 0 Å². The number of hydrogen-bond donors (Lipinski definition) is 1. The van der Waals surface area contributed by atoms with Gasteiger partial charge >= 0.3 is 0 Å². The first-order valence-electron chi connectivity index (χ1n) is 3.51. The summed E-state index contributed by atoms with van der Waals surface area (Å²) >= 11 is 0. The molecule has 1 saturated heterocycles. The van der Waals surface area contributed by atoms with Gasteiger partial charge in [0, 0.05) is 0 Å². The lowest BCUT2D eigenvalue weighted by Gasteiger charge is -2.10. The van der Waals surface area contributed by atoms with Gasteiger partial charge in [-0.05, 0) is 31.3 Å². The second-order valence-corrected chi connectivity index (χ2v) is 3.00. The topological polar surface area (TPSA) is 12.0 Å². The van der Waals surface area contributed by atoms with Crippen LogP contribution < -0.4 is 5.32 Å². The average Bonchev–Trinajstić information content (AvgIpc) is 2.12. The molecule has 1 unspecified atom stereocenters. The van der Waals surface area contributed by atoms with Gasteiger partial charge < -0.3 is 5.32 Å². The fraction of sp³-hybridized carbons (Fsp3) is 1.00. The van der Waals surface area contributed by atoms with Crippen molar-refractivity contribution in [2.75, 3.05) is 13.1 Å². The van der Waals surface area contributed by atoms with Crippen molar-refractivity contribution < 1.29 is 0 Å². The third kappa shape index (κ3) is 2.35. The van der Waals surface area contributed by atoms with Crippen molar-refractivity contribution in [2.24, 2.45) is 11.8 Å². The van der Waals surface area contributed by atoms with Gasteiger partial charge in [0.1, 0.15) is 0 Å². The van der Waals surface area contributed by atoms with E-state index in [1.165, 1.54) is 19.5 Å². The van der Waals surface area contributed by atoms with Crippen LogP contribution >= 0.6 is 0 Å². The number of nitrogens with one attached hydrogen (secondary N) is 1. The fourth-order valence-electron chi connectivity index (χ4n) is 1.25. The van der Waals surface area contributed by atoms with Crippen LogP contribution in [-0.4, -0.2) is 13.1 Å². The molecule has 0 aromatic carbocycles. The maximum atomic E-state index is 3.35. The molecule has 0 spiro atoms. The van der Waals surface area contributed by atoms with E-state index in [1.54, 1.807) is 0 Å². The van der Waals surface area contributed by atoms with Crippen molar-refractivity contribution in [2.45, 2.75) is 27.7 Å². The smallest absolute Gasteiger partial charge is 0.00176 e. The van der Waals surface area contributed by atoms with E-state index in [1.807, 2.05) is 0 Å². The molecular formula is C8H19N. The summed E-state index contributed by atoms with van der Waals surface area (Å²) < 4.78 is 0. The van der Waals surface area contributed by atoms with E-state index in [2.05, 4.69) is 19.2 Å². The molecule has 1 rings (SSSR count). The van der Waals surface area contributed by atoms with E-state index in [-0.39, 0.29) is 7.43 Å². The van der Waals surface area contributed by atoms with Gasteiger partial charge in [0.25, 0.3) is 0 Å². The second-order valence-electron chi connectivity index (χ2n) is 3.00. The Labute approximate surface area is 58.8 Å². The Balaban J connectivity index is 0.000000640. The molecule has 0 radical (unpaired) electrons. The minimum absolute atomic E-state index is 0. The van der Waals surface area contributed by atoms with Crippen LogP contribution in [0.1, 0.15) is 27.7 Å². The molecule has 0 aromatic rings. The Morgan fingerprint density at radius 2 is 2.11 bits per heavy atom. The third-order valence-corrected chi connectivity index (χ3v) is 2.04. The Bertz CT molecular complexity index is 63.0. The summed E-state index contributed by atoms with van der Waals surface area (Å²) in [7, 11) is 0. The van der Waals surface area contributed by atoms with E-state index in [4.69, 9.17) is 0 Å². The van der Waals surface area contributed by atoms with Gasteiger partial charge in [-0.25, -0.2) is 0 Å². The number of rotatable bonds is 1. The lowest BCUT2D eigenvalue weighted by Crippen LogP contribution is -2.12. The van der Waals surface area contributed by atoms with Crippen LogP contribution in [0.4, 0.5) is 0 Å². The lowest BCUT2D eigenvalue weighted by molar-refractivity contribution is 0.419. The molecule has 1 heteroatoms. The van der Waals surface area contributed by atoms with Crippen molar-refractivity contribution in [3.63, 3.8) is 0 Å². The lowest BCUT2D eigenvalue weighted by atomic mass is 9.96. The SMILES string of the molecule is C.CC(C)C1CCNC1. The van der Waals surface area contributed by atoms with Crippen LogP contribution in [-0.2, 0) is 0 Å². The Morgan fingerprint density at radius 3 is 2.33 bits per heavy atom. The molecule has 0 aliphatic carbocycles. The molecule has 0 aromatic heterocycles. The molecule has 1 aliphatic heterocycles. The monoisotopic (exact) mass is 129 g/mol. The zero-order valence-electron chi connectivity index (χ0n) is 5.78. The summed E-state index contributed by atoms with van der Waals surface area (Å²) in [6.45, 7) is 7.09. The quantitative estimate of drug-likeness (QED) is 0.570. The van der Waals surface area contributed by atoms with Crippen molar-refractivity contribution >= 4 is 0 Å². The molecular weight excluding hydrogens is 110 g/mol.